The molecule has 3 aromatic rings. The van der Waals surface area contributed by atoms with Gasteiger partial charge in [-0.05, 0) is 41.4 Å². The molecule has 1 saturated heterocycles. The lowest BCUT2D eigenvalue weighted by Gasteiger charge is -2.38. The molecule has 11 heteroatoms. The lowest BCUT2D eigenvalue weighted by molar-refractivity contribution is 0.0898. The van der Waals surface area contributed by atoms with E-state index < -0.39 is 25.5 Å². The topological polar surface area (TPSA) is 68.6 Å². The van der Waals surface area contributed by atoms with Crippen molar-refractivity contribution in [3.8, 4) is 11.5 Å². The predicted molar refractivity (Wildman–Crippen MR) is 138 cm³/mol. The maximum absolute atomic E-state index is 14.8. The third-order valence-electron chi connectivity index (χ3n) is 5.94. The SMILES string of the molecule is CC1CCN1C(=O)Nc1cc(F)c(Oc2ccnc3c2c(Br)cn3COCC[Si](C)(C)C)c(F)c1. The van der Waals surface area contributed by atoms with Crippen molar-refractivity contribution in [2.45, 2.75) is 51.8 Å². The van der Waals surface area contributed by atoms with E-state index in [0.717, 1.165) is 24.6 Å². The average Bonchev–Trinajstić information content (AvgIpc) is 3.08. The third-order valence-corrected chi connectivity index (χ3v) is 8.25. The van der Waals surface area contributed by atoms with Crippen LogP contribution < -0.4 is 10.1 Å². The molecule has 4 rings (SSSR count). The second-order valence-electron chi connectivity index (χ2n) is 9.93. The van der Waals surface area contributed by atoms with Gasteiger partial charge in [0.2, 0.25) is 0 Å². The number of nitrogens with zero attached hydrogens (tertiary/aromatic N) is 3. The minimum atomic E-state index is -1.20. The zero-order chi connectivity index (χ0) is 25.3. The van der Waals surface area contributed by atoms with E-state index in [4.69, 9.17) is 9.47 Å². The quantitative estimate of drug-likeness (QED) is 0.240. The Morgan fingerprint density at radius 2 is 2.00 bits per heavy atom. The van der Waals surface area contributed by atoms with Gasteiger partial charge in [0.05, 0.1) is 5.39 Å². The summed E-state index contributed by atoms with van der Waals surface area (Å²) in [5.41, 5.74) is 0.592. The Kier molecular flexibility index (Phi) is 7.48. The number of pyridine rings is 1. The van der Waals surface area contributed by atoms with E-state index in [-0.39, 0.29) is 23.5 Å². The number of carbonyl (C=O) groups is 1. The Hall–Kier alpha value is -2.50. The Morgan fingerprint density at radius 3 is 2.60 bits per heavy atom. The van der Waals surface area contributed by atoms with Crippen LogP contribution in [0.1, 0.15) is 13.3 Å². The number of benzene rings is 1. The first-order valence-corrected chi connectivity index (χ1v) is 16.0. The van der Waals surface area contributed by atoms with Gasteiger partial charge in [-0.2, -0.15) is 0 Å². The van der Waals surface area contributed by atoms with E-state index >= 15 is 0 Å². The van der Waals surface area contributed by atoms with Crippen LogP contribution in [0.25, 0.3) is 11.0 Å². The highest BCUT2D eigenvalue weighted by Gasteiger charge is 2.28. The van der Waals surface area contributed by atoms with E-state index in [1.165, 1.54) is 6.20 Å². The van der Waals surface area contributed by atoms with E-state index in [1.807, 2.05) is 11.5 Å². The fourth-order valence-corrected chi connectivity index (χ4v) is 5.09. The van der Waals surface area contributed by atoms with Crippen LogP contribution in [0.2, 0.25) is 25.7 Å². The summed E-state index contributed by atoms with van der Waals surface area (Å²) in [7, 11) is -1.20. The van der Waals surface area contributed by atoms with Crippen molar-refractivity contribution in [1.29, 1.82) is 0 Å². The highest BCUT2D eigenvalue weighted by molar-refractivity contribution is 9.10. The number of nitrogens with one attached hydrogen (secondary N) is 1. The molecular weight excluding hydrogens is 538 g/mol. The van der Waals surface area contributed by atoms with E-state index in [2.05, 4.69) is 45.9 Å². The molecule has 1 aliphatic rings. The predicted octanol–water partition coefficient (Wildman–Crippen LogP) is 6.81. The maximum atomic E-state index is 14.8. The van der Waals surface area contributed by atoms with Gasteiger partial charge in [-0.15, -0.1) is 0 Å². The fourth-order valence-electron chi connectivity index (χ4n) is 3.72. The van der Waals surface area contributed by atoms with Crippen molar-refractivity contribution in [1.82, 2.24) is 14.5 Å². The first-order valence-electron chi connectivity index (χ1n) is 11.5. The van der Waals surface area contributed by atoms with Crippen molar-refractivity contribution in [2.75, 3.05) is 18.5 Å². The number of rotatable bonds is 8. The lowest BCUT2D eigenvalue weighted by Crippen LogP contribution is -2.51. The molecule has 0 radical (unpaired) electrons. The molecule has 2 amide bonds. The van der Waals surface area contributed by atoms with Crippen molar-refractivity contribution in [3.63, 3.8) is 0 Å². The molecule has 2 aromatic heterocycles. The van der Waals surface area contributed by atoms with Gasteiger partial charge in [-0.1, -0.05) is 19.6 Å². The molecule has 1 aliphatic heterocycles. The zero-order valence-electron chi connectivity index (χ0n) is 20.2. The van der Waals surface area contributed by atoms with Crippen molar-refractivity contribution in [3.05, 3.63) is 46.7 Å². The molecule has 0 aliphatic carbocycles. The Balaban J connectivity index is 1.52. The zero-order valence-corrected chi connectivity index (χ0v) is 22.8. The van der Waals surface area contributed by atoms with Gasteiger partial charge in [-0.3, -0.25) is 0 Å². The summed E-state index contributed by atoms with van der Waals surface area (Å²) in [6.07, 6.45) is 4.23. The first-order chi connectivity index (χ1) is 16.5. The van der Waals surface area contributed by atoms with Crippen LogP contribution >= 0.6 is 15.9 Å². The Morgan fingerprint density at radius 1 is 1.29 bits per heavy atom. The molecule has 0 spiro atoms. The normalized spacial score (nSPS) is 15.9. The van der Waals surface area contributed by atoms with Gasteiger partial charge >= 0.3 is 6.03 Å². The summed E-state index contributed by atoms with van der Waals surface area (Å²) in [6, 6.07) is 4.41. The van der Waals surface area contributed by atoms with Crippen molar-refractivity contribution >= 4 is 46.8 Å². The van der Waals surface area contributed by atoms with Crippen LogP contribution in [0, 0.1) is 11.6 Å². The molecule has 3 heterocycles. The number of fused-ring (bicyclic) bond motifs is 1. The maximum Gasteiger partial charge on any atom is 0.322 e. The van der Waals surface area contributed by atoms with Gasteiger partial charge in [0.25, 0.3) is 0 Å². The Bertz CT molecular complexity index is 1220. The molecule has 0 saturated carbocycles. The number of hydrogen-bond acceptors (Lipinski definition) is 4. The van der Waals surface area contributed by atoms with Crippen LogP contribution in [-0.2, 0) is 11.5 Å². The van der Waals surface area contributed by atoms with E-state index in [9.17, 15) is 13.6 Å². The number of ether oxygens (including phenoxy) is 2. The van der Waals surface area contributed by atoms with Gasteiger partial charge in [-0.25, -0.2) is 18.6 Å². The molecule has 1 unspecified atom stereocenters. The highest BCUT2D eigenvalue weighted by Crippen LogP contribution is 2.38. The van der Waals surface area contributed by atoms with E-state index in [1.54, 1.807) is 17.2 Å². The second-order valence-corrected chi connectivity index (χ2v) is 16.4. The number of likely N-dealkylation sites (tertiary alicyclic amines) is 1. The van der Waals surface area contributed by atoms with Crippen LogP contribution in [0.3, 0.4) is 0 Å². The monoisotopic (exact) mass is 566 g/mol. The molecule has 0 bridgehead atoms. The molecule has 1 aromatic carbocycles. The van der Waals surface area contributed by atoms with Crippen LogP contribution in [0.5, 0.6) is 11.5 Å². The van der Waals surface area contributed by atoms with Gasteiger partial charge in [0.15, 0.2) is 17.4 Å². The summed E-state index contributed by atoms with van der Waals surface area (Å²) in [6.45, 7) is 10.4. The van der Waals surface area contributed by atoms with Gasteiger partial charge in [0, 0.05) is 62.0 Å². The largest absolute Gasteiger partial charge is 0.450 e. The lowest BCUT2D eigenvalue weighted by atomic mass is 10.1. The number of carbonyl (C=O) groups excluding carboxylic acids is 1. The summed E-state index contributed by atoms with van der Waals surface area (Å²) in [5.74, 6) is -2.16. The summed E-state index contributed by atoms with van der Waals surface area (Å²) < 4.78 is 43.7. The minimum Gasteiger partial charge on any atom is -0.450 e. The van der Waals surface area contributed by atoms with Crippen molar-refractivity contribution < 1.29 is 23.0 Å². The molecule has 1 fully saturated rings. The Labute approximate surface area is 212 Å². The highest BCUT2D eigenvalue weighted by atomic mass is 79.9. The molecule has 188 valence electrons. The molecule has 35 heavy (non-hydrogen) atoms. The minimum absolute atomic E-state index is 0.0270. The molecular formula is C24H29BrF2N4O3Si. The number of hydrogen-bond donors (Lipinski definition) is 1. The van der Waals surface area contributed by atoms with Crippen LogP contribution in [0.15, 0.2) is 35.1 Å². The summed E-state index contributed by atoms with van der Waals surface area (Å²) in [4.78, 5) is 18.3. The third kappa shape index (κ3) is 5.84. The number of amides is 2. The number of urea groups is 1. The number of aromatic nitrogens is 2. The fraction of sp³-hybridized carbons (Fsp3) is 0.417. The summed E-state index contributed by atoms with van der Waals surface area (Å²) in [5, 5.41) is 3.12. The molecule has 1 atom stereocenters. The number of anilines is 1. The smallest absolute Gasteiger partial charge is 0.322 e. The van der Waals surface area contributed by atoms with Crippen LogP contribution in [-0.4, -0.2) is 47.7 Å². The molecule has 1 N–H and O–H groups in total. The van der Waals surface area contributed by atoms with E-state index in [0.29, 0.717) is 35.4 Å². The van der Waals surface area contributed by atoms with Crippen LogP contribution in [0.4, 0.5) is 19.3 Å². The molecule has 7 nitrogen and oxygen atoms in total. The average molecular weight is 568 g/mol. The summed E-state index contributed by atoms with van der Waals surface area (Å²) >= 11 is 3.50. The van der Waals surface area contributed by atoms with Crippen molar-refractivity contribution in [2.24, 2.45) is 0 Å². The standard InChI is InChI=1S/C24H29BrF2N4O3Si/c1-15-6-8-31(15)24(32)29-16-11-18(26)22(19(27)12-16)34-20-5-7-28-23-21(20)17(25)13-30(23)14-33-9-10-35(2,3)4/h5,7,11-13,15H,6,8-10,14H2,1-4H3,(H,29,32). The number of halogens is 3. The van der Waals surface area contributed by atoms with Gasteiger partial charge < -0.3 is 24.3 Å². The first kappa shape index (κ1) is 25.6. The second kappa shape index (κ2) is 10.2. The van der Waals surface area contributed by atoms with Gasteiger partial charge in [0.1, 0.15) is 18.1 Å².